The summed E-state index contributed by atoms with van der Waals surface area (Å²) < 4.78 is 0. The molecule has 1 heterocycles. The Bertz CT molecular complexity index is 113. The number of nitrogens with one attached hydrogen (secondary N) is 2. The third-order valence-corrected chi connectivity index (χ3v) is 2.41. The Labute approximate surface area is 74.5 Å². The van der Waals surface area contributed by atoms with Crippen molar-refractivity contribution >= 4 is 0 Å². The molecule has 0 radical (unpaired) electrons. The summed E-state index contributed by atoms with van der Waals surface area (Å²) in [5.41, 5.74) is 0. The average Bonchev–Trinajstić information content (AvgIpc) is 2.53. The van der Waals surface area contributed by atoms with E-state index in [1.54, 1.807) is 0 Å². The standard InChI is InChI=1S/C9H20N2O/c1-8(10-5-6-12)7-9-3-2-4-11-9/h8-12H,2-7H2,1H3. The van der Waals surface area contributed by atoms with E-state index in [4.69, 9.17) is 5.11 Å². The highest BCUT2D eigenvalue weighted by molar-refractivity contribution is 4.78. The molecule has 1 aliphatic heterocycles. The maximum Gasteiger partial charge on any atom is 0.0556 e. The van der Waals surface area contributed by atoms with Crippen LogP contribution < -0.4 is 10.6 Å². The first-order chi connectivity index (χ1) is 5.83. The zero-order chi connectivity index (χ0) is 8.81. The van der Waals surface area contributed by atoms with Gasteiger partial charge in [-0.1, -0.05) is 0 Å². The number of aliphatic hydroxyl groups is 1. The molecule has 0 spiro atoms. The van der Waals surface area contributed by atoms with Crippen molar-refractivity contribution in [2.45, 2.75) is 38.3 Å². The van der Waals surface area contributed by atoms with Crippen molar-refractivity contribution in [3.8, 4) is 0 Å². The van der Waals surface area contributed by atoms with Crippen LogP contribution in [0.4, 0.5) is 0 Å². The summed E-state index contributed by atoms with van der Waals surface area (Å²) in [5, 5.41) is 15.3. The molecule has 1 rings (SSSR count). The molecule has 0 saturated carbocycles. The van der Waals surface area contributed by atoms with Crippen molar-refractivity contribution in [1.82, 2.24) is 10.6 Å². The molecule has 12 heavy (non-hydrogen) atoms. The van der Waals surface area contributed by atoms with E-state index < -0.39 is 0 Å². The lowest BCUT2D eigenvalue weighted by atomic mass is 10.1. The van der Waals surface area contributed by atoms with Crippen molar-refractivity contribution in [3.63, 3.8) is 0 Å². The lowest BCUT2D eigenvalue weighted by Crippen LogP contribution is -2.35. The van der Waals surface area contributed by atoms with E-state index in [0.717, 1.165) is 0 Å². The molecule has 0 amide bonds. The minimum absolute atomic E-state index is 0.239. The molecule has 0 aromatic heterocycles. The summed E-state index contributed by atoms with van der Waals surface area (Å²) in [6.45, 7) is 4.31. The van der Waals surface area contributed by atoms with Crippen LogP contribution in [0.2, 0.25) is 0 Å². The molecular weight excluding hydrogens is 152 g/mol. The van der Waals surface area contributed by atoms with Crippen molar-refractivity contribution in [2.24, 2.45) is 0 Å². The smallest absolute Gasteiger partial charge is 0.0556 e. The summed E-state index contributed by atoms with van der Waals surface area (Å²) in [4.78, 5) is 0. The highest BCUT2D eigenvalue weighted by Gasteiger charge is 2.16. The largest absolute Gasteiger partial charge is 0.395 e. The van der Waals surface area contributed by atoms with Gasteiger partial charge in [-0.3, -0.25) is 0 Å². The van der Waals surface area contributed by atoms with E-state index in [1.165, 1.54) is 25.8 Å². The van der Waals surface area contributed by atoms with Crippen LogP contribution in [0.1, 0.15) is 26.2 Å². The van der Waals surface area contributed by atoms with Gasteiger partial charge >= 0.3 is 0 Å². The first-order valence-corrected chi connectivity index (χ1v) is 4.90. The quantitative estimate of drug-likeness (QED) is 0.551. The second-order valence-electron chi connectivity index (χ2n) is 3.61. The van der Waals surface area contributed by atoms with Gasteiger partial charge in [-0.2, -0.15) is 0 Å². The molecular formula is C9H20N2O. The summed E-state index contributed by atoms with van der Waals surface area (Å²) >= 11 is 0. The van der Waals surface area contributed by atoms with Gasteiger partial charge < -0.3 is 15.7 Å². The molecule has 1 fully saturated rings. The number of hydrogen-bond acceptors (Lipinski definition) is 3. The van der Waals surface area contributed by atoms with Gasteiger partial charge in [-0.05, 0) is 32.7 Å². The Balaban J connectivity index is 2.03. The molecule has 0 aromatic carbocycles. The fraction of sp³-hybridized carbons (Fsp3) is 1.00. The summed E-state index contributed by atoms with van der Waals surface area (Å²) in [6, 6.07) is 1.22. The molecule has 1 saturated heterocycles. The van der Waals surface area contributed by atoms with Crippen molar-refractivity contribution in [1.29, 1.82) is 0 Å². The van der Waals surface area contributed by atoms with Crippen LogP contribution in [0.15, 0.2) is 0 Å². The van der Waals surface area contributed by atoms with Gasteiger partial charge in [0.05, 0.1) is 6.61 Å². The van der Waals surface area contributed by atoms with Crippen molar-refractivity contribution < 1.29 is 5.11 Å². The van der Waals surface area contributed by atoms with Crippen LogP contribution in [0.3, 0.4) is 0 Å². The molecule has 3 nitrogen and oxygen atoms in total. The molecule has 0 aliphatic carbocycles. The van der Waals surface area contributed by atoms with E-state index in [2.05, 4.69) is 17.6 Å². The van der Waals surface area contributed by atoms with Crippen LogP contribution in [-0.4, -0.2) is 36.9 Å². The van der Waals surface area contributed by atoms with Gasteiger partial charge in [0, 0.05) is 18.6 Å². The van der Waals surface area contributed by atoms with E-state index >= 15 is 0 Å². The van der Waals surface area contributed by atoms with Crippen molar-refractivity contribution in [2.75, 3.05) is 19.7 Å². The normalized spacial score (nSPS) is 26.0. The lowest BCUT2D eigenvalue weighted by Gasteiger charge is -2.17. The lowest BCUT2D eigenvalue weighted by molar-refractivity contribution is 0.281. The first-order valence-electron chi connectivity index (χ1n) is 4.90. The highest BCUT2D eigenvalue weighted by Crippen LogP contribution is 2.10. The van der Waals surface area contributed by atoms with E-state index in [-0.39, 0.29) is 6.61 Å². The van der Waals surface area contributed by atoms with E-state index in [9.17, 15) is 0 Å². The fourth-order valence-electron chi connectivity index (χ4n) is 1.78. The van der Waals surface area contributed by atoms with E-state index in [1.807, 2.05) is 0 Å². The summed E-state index contributed by atoms with van der Waals surface area (Å²) in [5.74, 6) is 0. The Hall–Kier alpha value is -0.120. The molecule has 1 aliphatic rings. The fourth-order valence-corrected chi connectivity index (χ4v) is 1.78. The molecule has 0 bridgehead atoms. The van der Waals surface area contributed by atoms with Crippen LogP contribution in [0, 0.1) is 0 Å². The zero-order valence-electron chi connectivity index (χ0n) is 7.84. The van der Waals surface area contributed by atoms with Gasteiger partial charge in [0.2, 0.25) is 0 Å². The molecule has 2 unspecified atom stereocenters. The minimum Gasteiger partial charge on any atom is -0.395 e. The Morgan fingerprint density at radius 2 is 2.50 bits per heavy atom. The predicted molar refractivity (Wildman–Crippen MR) is 50.2 cm³/mol. The number of rotatable bonds is 5. The third-order valence-electron chi connectivity index (χ3n) is 2.41. The van der Waals surface area contributed by atoms with Crippen LogP contribution in [-0.2, 0) is 0 Å². The minimum atomic E-state index is 0.239. The van der Waals surface area contributed by atoms with E-state index in [0.29, 0.717) is 18.6 Å². The maximum atomic E-state index is 8.60. The second kappa shape index (κ2) is 5.51. The molecule has 3 N–H and O–H groups in total. The van der Waals surface area contributed by atoms with Gasteiger partial charge in [-0.15, -0.1) is 0 Å². The maximum absolute atomic E-state index is 8.60. The van der Waals surface area contributed by atoms with Crippen molar-refractivity contribution in [3.05, 3.63) is 0 Å². The third kappa shape index (κ3) is 3.52. The number of hydrogen-bond donors (Lipinski definition) is 3. The first kappa shape index (κ1) is 9.96. The average molecular weight is 172 g/mol. The predicted octanol–water partition coefficient (Wildman–Crippen LogP) is 0.0989. The Morgan fingerprint density at radius 1 is 1.67 bits per heavy atom. The van der Waals surface area contributed by atoms with Gasteiger partial charge in [0.1, 0.15) is 0 Å². The Kier molecular flexibility index (Phi) is 4.58. The SMILES string of the molecule is CC(CC1CCCN1)NCCO. The summed E-state index contributed by atoms with van der Waals surface area (Å²) in [6.07, 6.45) is 3.81. The monoisotopic (exact) mass is 172 g/mol. The Morgan fingerprint density at radius 3 is 3.08 bits per heavy atom. The molecule has 0 aromatic rings. The molecule has 3 heteroatoms. The van der Waals surface area contributed by atoms with Crippen LogP contribution in [0.5, 0.6) is 0 Å². The van der Waals surface area contributed by atoms with Crippen LogP contribution >= 0.6 is 0 Å². The van der Waals surface area contributed by atoms with Gasteiger partial charge in [0.25, 0.3) is 0 Å². The van der Waals surface area contributed by atoms with Gasteiger partial charge in [-0.25, -0.2) is 0 Å². The highest BCUT2D eigenvalue weighted by atomic mass is 16.3. The van der Waals surface area contributed by atoms with Crippen LogP contribution in [0.25, 0.3) is 0 Å². The zero-order valence-corrected chi connectivity index (χ0v) is 7.84. The molecule has 72 valence electrons. The summed E-state index contributed by atoms with van der Waals surface area (Å²) in [7, 11) is 0. The topological polar surface area (TPSA) is 44.3 Å². The molecule has 2 atom stereocenters. The van der Waals surface area contributed by atoms with Gasteiger partial charge in [0.15, 0.2) is 0 Å². The second-order valence-corrected chi connectivity index (χ2v) is 3.61. The number of aliphatic hydroxyl groups excluding tert-OH is 1.